The molecular weight excluding hydrogens is 239 g/mol. The SMILES string of the molecule is Fc1ccccc1C(c1ccccc1)c1cnc[nH]1. The third-order valence-corrected chi connectivity index (χ3v) is 3.18. The first-order valence-electron chi connectivity index (χ1n) is 6.14. The molecule has 0 bridgehead atoms. The molecule has 0 radical (unpaired) electrons. The maximum absolute atomic E-state index is 14.1. The highest BCUT2D eigenvalue weighted by Gasteiger charge is 2.20. The largest absolute Gasteiger partial charge is 0.348 e. The average Bonchev–Trinajstić information content (AvgIpc) is 2.96. The molecule has 0 aliphatic carbocycles. The number of rotatable bonds is 3. The third kappa shape index (κ3) is 2.27. The van der Waals surface area contributed by atoms with Gasteiger partial charge in [-0.1, -0.05) is 48.5 Å². The van der Waals surface area contributed by atoms with Gasteiger partial charge in [0, 0.05) is 17.5 Å². The Morgan fingerprint density at radius 2 is 1.68 bits per heavy atom. The Kier molecular flexibility index (Phi) is 3.11. The van der Waals surface area contributed by atoms with Crippen LogP contribution in [0.2, 0.25) is 0 Å². The van der Waals surface area contributed by atoms with Gasteiger partial charge in [-0.2, -0.15) is 0 Å². The number of halogens is 1. The predicted molar refractivity (Wildman–Crippen MR) is 72.4 cm³/mol. The minimum Gasteiger partial charge on any atom is -0.348 e. The number of hydrogen-bond donors (Lipinski definition) is 1. The second-order valence-electron chi connectivity index (χ2n) is 4.37. The Morgan fingerprint density at radius 3 is 2.37 bits per heavy atom. The molecule has 1 atom stereocenters. The van der Waals surface area contributed by atoms with Crippen LogP contribution in [0.5, 0.6) is 0 Å². The van der Waals surface area contributed by atoms with Gasteiger partial charge in [0.15, 0.2) is 0 Å². The highest BCUT2D eigenvalue weighted by molar-refractivity contribution is 5.40. The number of H-pyrrole nitrogens is 1. The Hall–Kier alpha value is -2.42. The van der Waals surface area contributed by atoms with Crippen molar-refractivity contribution in [3.63, 3.8) is 0 Å². The molecule has 1 N–H and O–H groups in total. The topological polar surface area (TPSA) is 28.7 Å². The molecule has 3 heteroatoms. The van der Waals surface area contributed by atoms with Crippen LogP contribution in [0.1, 0.15) is 22.7 Å². The van der Waals surface area contributed by atoms with E-state index in [1.165, 1.54) is 6.07 Å². The summed E-state index contributed by atoms with van der Waals surface area (Å²) >= 11 is 0. The first-order chi connectivity index (χ1) is 9.36. The van der Waals surface area contributed by atoms with E-state index in [9.17, 15) is 4.39 Å². The normalized spacial score (nSPS) is 12.3. The average molecular weight is 252 g/mol. The van der Waals surface area contributed by atoms with E-state index in [-0.39, 0.29) is 11.7 Å². The highest BCUT2D eigenvalue weighted by atomic mass is 19.1. The number of aromatic nitrogens is 2. The lowest BCUT2D eigenvalue weighted by atomic mass is 9.88. The zero-order chi connectivity index (χ0) is 13.1. The van der Waals surface area contributed by atoms with Crippen LogP contribution < -0.4 is 0 Å². The first-order valence-corrected chi connectivity index (χ1v) is 6.14. The maximum atomic E-state index is 14.1. The summed E-state index contributed by atoms with van der Waals surface area (Å²) in [4.78, 5) is 7.13. The molecule has 3 aromatic rings. The molecule has 0 fully saturated rings. The Labute approximate surface area is 111 Å². The lowest BCUT2D eigenvalue weighted by molar-refractivity contribution is 0.605. The van der Waals surface area contributed by atoms with Crippen LogP contribution in [0, 0.1) is 5.82 Å². The molecule has 2 aromatic carbocycles. The number of imidazole rings is 1. The summed E-state index contributed by atoms with van der Waals surface area (Å²) in [5, 5.41) is 0. The molecule has 2 nitrogen and oxygen atoms in total. The number of nitrogens with zero attached hydrogens (tertiary/aromatic N) is 1. The highest BCUT2D eigenvalue weighted by Crippen LogP contribution is 2.31. The van der Waals surface area contributed by atoms with Gasteiger partial charge in [-0.3, -0.25) is 0 Å². The van der Waals surface area contributed by atoms with Gasteiger partial charge in [0.2, 0.25) is 0 Å². The summed E-state index contributed by atoms with van der Waals surface area (Å²) in [6.45, 7) is 0. The van der Waals surface area contributed by atoms with E-state index in [4.69, 9.17) is 0 Å². The molecule has 0 spiro atoms. The molecule has 0 aliphatic rings. The van der Waals surface area contributed by atoms with Crippen LogP contribution in [-0.2, 0) is 0 Å². The molecule has 1 aromatic heterocycles. The zero-order valence-electron chi connectivity index (χ0n) is 10.3. The molecule has 19 heavy (non-hydrogen) atoms. The van der Waals surface area contributed by atoms with Gasteiger partial charge in [-0.15, -0.1) is 0 Å². The summed E-state index contributed by atoms with van der Waals surface area (Å²) in [6.07, 6.45) is 3.36. The molecule has 0 saturated heterocycles. The monoisotopic (exact) mass is 252 g/mol. The number of hydrogen-bond acceptors (Lipinski definition) is 1. The van der Waals surface area contributed by atoms with E-state index in [0.717, 1.165) is 11.3 Å². The van der Waals surface area contributed by atoms with Crippen molar-refractivity contribution in [1.29, 1.82) is 0 Å². The Morgan fingerprint density at radius 1 is 0.947 bits per heavy atom. The number of benzene rings is 2. The molecule has 0 saturated carbocycles. The Bertz CT molecular complexity index is 648. The van der Waals surface area contributed by atoms with Crippen molar-refractivity contribution < 1.29 is 4.39 Å². The minimum atomic E-state index is -0.203. The number of nitrogens with one attached hydrogen (secondary N) is 1. The van der Waals surface area contributed by atoms with Crippen molar-refractivity contribution in [2.24, 2.45) is 0 Å². The van der Waals surface area contributed by atoms with Crippen LogP contribution in [0.15, 0.2) is 67.1 Å². The summed E-state index contributed by atoms with van der Waals surface area (Å²) in [5.41, 5.74) is 2.58. The second kappa shape index (κ2) is 5.06. The summed E-state index contributed by atoms with van der Waals surface area (Å²) in [5.74, 6) is -0.365. The smallest absolute Gasteiger partial charge is 0.127 e. The van der Waals surface area contributed by atoms with Crippen LogP contribution >= 0.6 is 0 Å². The Balaban J connectivity index is 2.16. The standard InChI is InChI=1S/C16H13FN2/c17-14-9-5-4-8-13(14)16(15-10-18-11-19-15)12-6-2-1-3-7-12/h1-11,16H,(H,18,19). The summed E-state index contributed by atoms with van der Waals surface area (Å²) < 4.78 is 14.1. The van der Waals surface area contributed by atoms with Crippen LogP contribution in [0.3, 0.4) is 0 Å². The molecule has 94 valence electrons. The molecule has 0 aliphatic heterocycles. The third-order valence-electron chi connectivity index (χ3n) is 3.18. The van der Waals surface area contributed by atoms with Gasteiger partial charge in [0.1, 0.15) is 5.82 Å². The van der Waals surface area contributed by atoms with Gasteiger partial charge in [-0.25, -0.2) is 9.37 Å². The maximum Gasteiger partial charge on any atom is 0.127 e. The van der Waals surface area contributed by atoms with Crippen LogP contribution in [-0.4, -0.2) is 9.97 Å². The lowest BCUT2D eigenvalue weighted by Gasteiger charge is -2.17. The van der Waals surface area contributed by atoms with Gasteiger partial charge in [0.05, 0.1) is 12.2 Å². The fourth-order valence-electron chi connectivity index (χ4n) is 2.31. The van der Waals surface area contributed by atoms with E-state index in [2.05, 4.69) is 9.97 Å². The van der Waals surface area contributed by atoms with E-state index < -0.39 is 0 Å². The van der Waals surface area contributed by atoms with Crippen LogP contribution in [0.25, 0.3) is 0 Å². The number of aromatic amines is 1. The second-order valence-corrected chi connectivity index (χ2v) is 4.37. The van der Waals surface area contributed by atoms with E-state index in [1.54, 1.807) is 18.6 Å². The fourth-order valence-corrected chi connectivity index (χ4v) is 2.31. The summed E-state index contributed by atoms with van der Waals surface area (Å²) in [6, 6.07) is 16.7. The molecular formula is C16H13FN2. The van der Waals surface area contributed by atoms with Crippen LogP contribution in [0.4, 0.5) is 4.39 Å². The molecule has 0 amide bonds. The van der Waals surface area contributed by atoms with Gasteiger partial charge in [-0.05, 0) is 11.6 Å². The zero-order valence-corrected chi connectivity index (χ0v) is 10.3. The van der Waals surface area contributed by atoms with Gasteiger partial charge >= 0.3 is 0 Å². The van der Waals surface area contributed by atoms with Crippen molar-refractivity contribution in [2.45, 2.75) is 5.92 Å². The van der Waals surface area contributed by atoms with Crippen molar-refractivity contribution in [1.82, 2.24) is 9.97 Å². The van der Waals surface area contributed by atoms with E-state index >= 15 is 0 Å². The van der Waals surface area contributed by atoms with Crippen molar-refractivity contribution in [2.75, 3.05) is 0 Å². The van der Waals surface area contributed by atoms with Crippen molar-refractivity contribution in [3.05, 3.63) is 89.8 Å². The van der Waals surface area contributed by atoms with Gasteiger partial charge < -0.3 is 4.98 Å². The minimum absolute atomic E-state index is 0.162. The predicted octanol–water partition coefficient (Wildman–Crippen LogP) is 3.73. The molecule has 1 unspecified atom stereocenters. The fraction of sp³-hybridized carbons (Fsp3) is 0.0625. The lowest BCUT2D eigenvalue weighted by Crippen LogP contribution is -2.05. The quantitative estimate of drug-likeness (QED) is 0.756. The van der Waals surface area contributed by atoms with Crippen molar-refractivity contribution >= 4 is 0 Å². The first kappa shape index (κ1) is 11.7. The van der Waals surface area contributed by atoms with E-state index in [0.29, 0.717) is 5.56 Å². The van der Waals surface area contributed by atoms with Crippen molar-refractivity contribution in [3.8, 4) is 0 Å². The van der Waals surface area contributed by atoms with E-state index in [1.807, 2.05) is 42.5 Å². The van der Waals surface area contributed by atoms with Gasteiger partial charge in [0.25, 0.3) is 0 Å². The summed E-state index contributed by atoms with van der Waals surface area (Å²) in [7, 11) is 0. The molecule has 3 rings (SSSR count). The molecule has 1 heterocycles.